The third kappa shape index (κ3) is 2.90. The fraction of sp³-hybridized carbons (Fsp3) is 0.455. The first-order valence-corrected chi connectivity index (χ1v) is 6.23. The Morgan fingerprint density at radius 2 is 2.31 bits per heavy atom. The summed E-state index contributed by atoms with van der Waals surface area (Å²) < 4.78 is 5.56. The first-order valence-electron chi connectivity index (χ1n) is 5.35. The van der Waals surface area contributed by atoms with Crippen LogP contribution in [-0.2, 0) is 6.42 Å². The molecule has 0 saturated heterocycles. The highest BCUT2D eigenvalue weighted by Gasteiger charge is 2.08. The maximum Gasteiger partial charge on any atom is 0.257 e. The van der Waals surface area contributed by atoms with Gasteiger partial charge >= 0.3 is 0 Å². The quantitative estimate of drug-likeness (QED) is 0.867. The van der Waals surface area contributed by atoms with Crippen molar-refractivity contribution in [1.82, 2.24) is 15.5 Å². The highest BCUT2D eigenvalue weighted by Crippen LogP contribution is 2.22. The van der Waals surface area contributed by atoms with Gasteiger partial charge in [-0.15, -0.1) is 21.5 Å². The van der Waals surface area contributed by atoms with Gasteiger partial charge in [0.15, 0.2) is 0 Å². The van der Waals surface area contributed by atoms with Crippen LogP contribution in [0.5, 0.6) is 0 Å². The van der Waals surface area contributed by atoms with Gasteiger partial charge in [0.25, 0.3) is 5.89 Å². The summed E-state index contributed by atoms with van der Waals surface area (Å²) >= 11 is 1.61. The second kappa shape index (κ2) is 5.23. The van der Waals surface area contributed by atoms with Crippen molar-refractivity contribution in [3.8, 4) is 10.8 Å². The summed E-state index contributed by atoms with van der Waals surface area (Å²) in [5.74, 6) is 1.31. The number of nitrogens with zero attached hydrogens (tertiary/aromatic N) is 2. The average molecular weight is 237 g/mol. The van der Waals surface area contributed by atoms with Gasteiger partial charge < -0.3 is 9.73 Å². The van der Waals surface area contributed by atoms with E-state index in [-0.39, 0.29) is 0 Å². The SMILES string of the molecule is CC(C)NCCc1nnc(-c2cccs2)o1. The monoisotopic (exact) mass is 237 g/mol. The van der Waals surface area contributed by atoms with Crippen LogP contribution < -0.4 is 5.32 Å². The van der Waals surface area contributed by atoms with E-state index in [1.807, 2.05) is 17.5 Å². The van der Waals surface area contributed by atoms with E-state index in [0.29, 0.717) is 17.8 Å². The third-order valence-corrected chi connectivity index (χ3v) is 2.95. The molecule has 0 fully saturated rings. The molecule has 2 rings (SSSR count). The third-order valence-electron chi connectivity index (χ3n) is 2.09. The van der Waals surface area contributed by atoms with E-state index in [9.17, 15) is 0 Å². The number of nitrogens with one attached hydrogen (secondary N) is 1. The summed E-state index contributed by atoms with van der Waals surface area (Å²) in [5, 5.41) is 13.4. The molecule has 2 heterocycles. The molecule has 1 N–H and O–H groups in total. The summed E-state index contributed by atoms with van der Waals surface area (Å²) in [6.07, 6.45) is 0.774. The van der Waals surface area contributed by atoms with Crippen LogP contribution in [0.15, 0.2) is 21.9 Å². The predicted octanol–water partition coefficient (Wildman–Crippen LogP) is 2.34. The van der Waals surface area contributed by atoms with E-state index in [0.717, 1.165) is 17.8 Å². The summed E-state index contributed by atoms with van der Waals surface area (Å²) in [7, 11) is 0. The van der Waals surface area contributed by atoms with Crippen LogP contribution in [0.4, 0.5) is 0 Å². The van der Waals surface area contributed by atoms with Gasteiger partial charge in [-0.25, -0.2) is 0 Å². The molecule has 5 heteroatoms. The molecule has 0 radical (unpaired) electrons. The Bertz CT molecular complexity index is 422. The van der Waals surface area contributed by atoms with Crippen LogP contribution in [0, 0.1) is 0 Å². The van der Waals surface area contributed by atoms with Crippen LogP contribution in [0.2, 0.25) is 0 Å². The molecule has 0 aromatic carbocycles. The second-order valence-corrected chi connectivity index (χ2v) is 4.78. The topological polar surface area (TPSA) is 51.0 Å². The van der Waals surface area contributed by atoms with Gasteiger partial charge in [-0.3, -0.25) is 0 Å². The van der Waals surface area contributed by atoms with Crippen molar-refractivity contribution in [3.63, 3.8) is 0 Å². The van der Waals surface area contributed by atoms with E-state index < -0.39 is 0 Å². The van der Waals surface area contributed by atoms with Crippen LogP contribution in [0.3, 0.4) is 0 Å². The van der Waals surface area contributed by atoms with Gasteiger partial charge in [0, 0.05) is 19.0 Å². The Hall–Kier alpha value is -1.20. The first kappa shape index (κ1) is 11.3. The lowest BCUT2D eigenvalue weighted by atomic mass is 10.3. The van der Waals surface area contributed by atoms with E-state index in [2.05, 4.69) is 29.4 Å². The molecule has 0 atom stereocenters. The molecule has 16 heavy (non-hydrogen) atoms. The maximum atomic E-state index is 5.56. The van der Waals surface area contributed by atoms with Crippen LogP contribution in [-0.4, -0.2) is 22.8 Å². The zero-order chi connectivity index (χ0) is 11.4. The lowest BCUT2D eigenvalue weighted by Crippen LogP contribution is -2.25. The van der Waals surface area contributed by atoms with Crippen molar-refractivity contribution >= 4 is 11.3 Å². The Morgan fingerprint density at radius 1 is 1.44 bits per heavy atom. The Labute approximate surface area is 98.7 Å². The average Bonchev–Trinajstić information content (AvgIpc) is 2.85. The molecule has 86 valence electrons. The number of aromatic nitrogens is 2. The standard InChI is InChI=1S/C11H15N3OS/c1-8(2)12-6-5-10-13-14-11(15-10)9-4-3-7-16-9/h3-4,7-8,12H,5-6H2,1-2H3. The number of rotatable bonds is 5. The van der Waals surface area contributed by atoms with Gasteiger partial charge in [-0.1, -0.05) is 19.9 Å². The molecule has 0 aliphatic heterocycles. The molecule has 0 unspecified atom stereocenters. The maximum absolute atomic E-state index is 5.56. The van der Waals surface area contributed by atoms with E-state index >= 15 is 0 Å². The molecular weight excluding hydrogens is 222 g/mol. The van der Waals surface area contributed by atoms with Crippen LogP contribution in [0.25, 0.3) is 10.8 Å². The minimum absolute atomic E-state index is 0.486. The summed E-state index contributed by atoms with van der Waals surface area (Å²) in [5.41, 5.74) is 0. The minimum atomic E-state index is 0.486. The molecule has 0 bridgehead atoms. The van der Waals surface area contributed by atoms with E-state index in [1.54, 1.807) is 11.3 Å². The molecule has 0 amide bonds. The summed E-state index contributed by atoms with van der Waals surface area (Å²) in [6.45, 7) is 5.10. The van der Waals surface area contributed by atoms with Gasteiger partial charge in [0.2, 0.25) is 5.89 Å². The Balaban J connectivity index is 1.93. The smallest absolute Gasteiger partial charge is 0.257 e. The highest BCUT2D eigenvalue weighted by molar-refractivity contribution is 7.13. The fourth-order valence-electron chi connectivity index (χ4n) is 1.32. The second-order valence-electron chi connectivity index (χ2n) is 3.84. The zero-order valence-corrected chi connectivity index (χ0v) is 10.3. The van der Waals surface area contributed by atoms with Crippen molar-refractivity contribution in [1.29, 1.82) is 0 Å². The normalized spacial score (nSPS) is 11.2. The Kier molecular flexibility index (Phi) is 3.69. The van der Waals surface area contributed by atoms with Gasteiger partial charge in [-0.2, -0.15) is 0 Å². The molecule has 2 aromatic rings. The first-order chi connectivity index (χ1) is 7.75. The van der Waals surface area contributed by atoms with Crippen molar-refractivity contribution in [2.75, 3.05) is 6.54 Å². The van der Waals surface area contributed by atoms with Gasteiger partial charge in [0.05, 0.1) is 4.88 Å². The summed E-state index contributed by atoms with van der Waals surface area (Å²) in [4.78, 5) is 1.02. The van der Waals surface area contributed by atoms with Crippen molar-refractivity contribution in [2.24, 2.45) is 0 Å². The molecule has 0 saturated carbocycles. The lowest BCUT2D eigenvalue weighted by molar-refractivity contribution is 0.485. The summed E-state index contributed by atoms with van der Waals surface area (Å²) in [6, 6.07) is 4.44. The molecule has 0 spiro atoms. The van der Waals surface area contributed by atoms with Crippen molar-refractivity contribution < 1.29 is 4.42 Å². The van der Waals surface area contributed by atoms with Gasteiger partial charge in [0.1, 0.15) is 0 Å². The number of thiophene rings is 1. The van der Waals surface area contributed by atoms with Crippen LogP contribution in [0.1, 0.15) is 19.7 Å². The van der Waals surface area contributed by atoms with E-state index in [4.69, 9.17) is 4.42 Å². The largest absolute Gasteiger partial charge is 0.420 e. The number of hydrogen-bond acceptors (Lipinski definition) is 5. The number of hydrogen-bond donors (Lipinski definition) is 1. The highest BCUT2D eigenvalue weighted by atomic mass is 32.1. The minimum Gasteiger partial charge on any atom is -0.420 e. The molecule has 2 aromatic heterocycles. The van der Waals surface area contributed by atoms with Crippen molar-refractivity contribution in [3.05, 3.63) is 23.4 Å². The fourth-order valence-corrected chi connectivity index (χ4v) is 1.97. The molecular formula is C11H15N3OS. The molecule has 4 nitrogen and oxygen atoms in total. The molecule has 0 aliphatic rings. The van der Waals surface area contributed by atoms with E-state index in [1.165, 1.54) is 0 Å². The van der Waals surface area contributed by atoms with Gasteiger partial charge in [-0.05, 0) is 11.4 Å². The predicted molar refractivity (Wildman–Crippen MR) is 64.5 cm³/mol. The van der Waals surface area contributed by atoms with Crippen LogP contribution >= 0.6 is 11.3 Å². The lowest BCUT2D eigenvalue weighted by Gasteiger charge is -2.04. The Morgan fingerprint density at radius 3 is 3.00 bits per heavy atom. The molecule has 0 aliphatic carbocycles. The van der Waals surface area contributed by atoms with Crippen molar-refractivity contribution in [2.45, 2.75) is 26.3 Å². The zero-order valence-electron chi connectivity index (χ0n) is 9.43.